The quantitative estimate of drug-likeness (QED) is 0.551. The molecule has 0 aromatic heterocycles. The highest BCUT2D eigenvalue weighted by Gasteiger charge is 2.66. The zero-order valence-corrected chi connectivity index (χ0v) is 20.0. The second-order valence-electron chi connectivity index (χ2n) is 10.1. The third-order valence-corrected chi connectivity index (χ3v) is 7.97. The topological polar surface area (TPSA) is 95.9 Å². The third-order valence-electron chi connectivity index (χ3n) is 7.97. The molecule has 2 amide bonds. The first-order valence-corrected chi connectivity index (χ1v) is 12.6. The van der Waals surface area contributed by atoms with Crippen molar-refractivity contribution in [3.05, 3.63) is 59.7 Å². The molecule has 7 nitrogen and oxygen atoms in total. The van der Waals surface area contributed by atoms with Crippen LogP contribution in [0, 0.1) is 11.8 Å². The van der Waals surface area contributed by atoms with E-state index in [4.69, 9.17) is 4.74 Å². The molecular formula is C28H32N2O5. The van der Waals surface area contributed by atoms with Crippen LogP contribution in [0.1, 0.15) is 56.1 Å². The van der Waals surface area contributed by atoms with Crippen LogP contribution in [0.5, 0.6) is 0 Å². The zero-order valence-electron chi connectivity index (χ0n) is 20.0. The molecule has 5 rings (SSSR count). The molecule has 1 saturated heterocycles. The number of rotatable bonds is 8. The van der Waals surface area contributed by atoms with Crippen LogP contribution in [0.4, 0.5) is 4.79 Å². The number of benzene rings is 2. The SMILES string of the molecule is CC(CCCNC(=O)OCC1c2ccccc2-c2ccccc21)C(=O)N1CCCC2CC21C(=O)O. The second-order valence-corrected chi connectivity index (χ2v) is 10.1. The van der Waals surface area contributed by atoms with E-state index in [1.807, 2.05) is 31.2 Å². The fourth-order valence-electron chi connectivity index (χ4n) is 6.01. The second kappa shape index (κ2) is 9.36. The molecule has 2 N–H and O–H groups in total. The molecular weight excluding hydrogens is 444 g/mol. The van der Waals surface area contributed by atoms with Gasteiger partial charge in [0.2, 0.25) is 5.91 Å². The average Bonchev–Trinajstić information content (AvgIpc) is 3.56. The Morgan fingerprint density at radius 3 is 2.43 bits per heavy atom. The van der Waals surface area contributed by atoms with Gasteiger partial charge in [0, 0.05) is 24.9 Å². The van der Waals surface area contributed by atoms with Gasteiger partial charge in [0.25, 0.3) is 0 Å². The van der Waals surface area contributed by atoms with E-state index in [-0.39, 0.29) is 30.3 Å². The Balaban J connectivity index is 1.08. The van der Waals surface area contributed by atoms with Gasteiger partial charge in [0.1, 0.15) is 12.1 Å². The molecule has 7 heteroatoms. The Bertz CT molecular complexity index is 1100. The number of amides is 2. The molecule has 2 aromatic carbocycles. The van der Waals surface area contributed by atoms with Crippen molar-refractivity contribution in [1.82, 2.24) is 10.2 Å². The van der Waals surface area contributed by atoms with Gasteiger partial charge in [-0.2, -0.15) is 0 Å². The minimum absolute atomic E-state index is 0.0168. The Labute approximate surface area is 205 Å². The smallest absolute Gasteiger partial charge is 0.407 e. The summed E-state index contributed by atoms with van der Waals surface area (Å²) in [6, 6.07) is 16.4. The van der Waals surface area contributed by atoms with E-state index in [1.165, 1.54) is 22.3 Å². The molecule has 1 saturated carbocycles. The van der Waals surface area contributed by atoms with Crippen molar-refractivity contribution in [2.45, 2.75) is 50.5 Å². The van der Waals surface area contributed by atoms with E-state index >= 15 is 0 Å². The predicted octanol–water partition coefficient (Wildman–Crippen LogP) is 4.41. The van der Waals surface area contributed by atoms with Gasteiger partial charge in [-0.15, -0.1) is 0 Å². The summed E-state index contributed by atoms with van der Waals surface area (Å²) in [6.07, 6.45) is 3.06. The van der Waals surface area contributed by atoms with Crippen LogP contribution in [-0.2, 0) is 14.3 Å². The summed E-state index contributed by atoms with van der Waals surface area (Å²) < 4.78 is 5.56. The van der Waals surface area contributed by atoms with Crippen LogP contribution in [0.3, 0.4) is 0 Å². The zero-order chi connectivity index (χ0) is 24.6. The number of carbonyl (C=O) groups excluding carboxylic acids is 2. The van der Waals surface area contributed by atoms with Gasteiger partial charge in [-0.1, -0.05) is 55.5 Å². The molecule has 184 valence electrons. The van der Waals surface area contributed by atoms with Gasteiger partial charge >= 0.3 is 12.1 Å². The monoisotopic (exact) mass is 476 g/mol. The predicted molar refractivity (Wildman–Crippen MR) is 131 cm³/mol. The molecule has 0 bridgehead atoms. The van der Waals surface area contributed by atoms with Gasteiger partial charge in [-0.05, 0) is 60.3 Å². The maximum absolute atomic E-state index is 13.0. The third kappa shape index (κ3) is 4.17. The van der Waals surface area contributed by atoms with Crippen molar-refractivity contribution >= 4 is 18.0 Å². The van der Waals surface area contributed by atoms with Gasteiger partial charge in [0.05, 0.1) is 0 Å². The van der Waals surface area contributed by atoms with Crippen LogP contribution in [0.15, 0.2) is 48.5 Å². The van der Waals surface area contributed by atoms with Gasteiger partial charge in [0.15, 0.2) is 0 Å². The summed E-state index contributed by atoms with van der Waals surface area (Å²) in [5.74, 6) is -1.13. The molecule has 1 heterocycles. The minimum Gasteiger partial charge on any atom is -0.479 e. The summed E-state index contributed by atoms with van der Waals surface area (Å²) in [7, 11) is 0. The lowest BCUT2D eigenvalue weighted by Gasteiger charge is -2.35. The van der Waals surface area contributed by atoms with Crippen molar-refractivity contribution in [3.8, 4) is 11.1 Å². The summed E-state index contributed by atoms with van der Waals surface area (Å²) in [4.78, 5) is 38.7. The number of ether oxygens (including phenoxy) is 1. The lowest BCUT2D eigenvalue weighted by Crippen LogP contribution is -2.52. The highest BCUT2D eigenvalue weighted by molar-refractivity contribution is 5.91. The van der Waals surface area contributed by atoms with Crippen molar-refractivity contribution < 1.29 is 24.2 Å². The minimum atomic E-state index is -0.969. The Morgan fingerprint density at radius 1 is 1.11 bits per heavy atom. The van der Waals surface area contributed by atoms with Gasteiger partial charge < -0.3 is 20.1 Å². The normalized spacial score (nSPS) is 23.0. The molecule has 35 heavy (non-hydrogen) atoms. The van der Waals surface area contributed by atoms with E-state index in [0.717, 1.165) is 12.8 Å². The largest absolute Gasteiger partial charge is 0.479 e. The lowest BCUT2D eigenvalue weighted by atomic mass is 9.97. The number of hydrogen-bond acceptors (Lipinski definition) is 4. The highest BCUT2D eigenvalue weighted by Crippen LogP contribution is 2.54. The maximum atomic E-state index is 13.0. The van der Waals surface area contributed by atoms with Crippen LogP contribution in [-0.4, -0.2) is 53.2 Å². The Morgan fingerprint density at radius 2 is 1.77 bits per heavy atom. The van der Waals surface area contributed by atoms with E-state index in [9.17, 15) is 19.5 Å². The molecule has 1 aliphatic heterocycles. The van der Waals surface area contributed by atoms with Crippen LogP contribution < -0.4 is 5.32 Å². The number of nitrogens with one attached hydrogen (secondary N) is 1. The highest BCUT2D eigenvalue weighted by atomic mass is 16.5. The summed E-state index contributed by atoms with van der Waals surface area (Å²) in [6.45, 7) is 3.03. The summed E-state index contributed by atoms with van der Waals surface area (Å²) >= 11 is 0. The molecule has 2 fully saturated rings. The number of fused-ring (bicyclic) bond motifs is 4. The maximum Gasteiger partial charge on any atom is 0.407 e. The number of carboxylic acids is 1. The Hall–Kier alpha value is -3.35. The van der Waals surface area contributed by atoms with Crippen LogP contribution in [0.2, 0.25) is 0 Å². The molecule has 3 atom stereocenters. The first kappa shape index (κ1) is 23.4. The number of carboxylic acid groups (broad SMARTS) is 1. The van der Waals surface area contributed by atoms with E-state index in [0.29, 0.717) is 32.4 Å². The van der Waals surface area contributed by atoms with Crippen molar-refractivity contribution in [1.29, 1.82) is 0 Å². The number of piperidine rings is 1. The number of aliphatic carboxylic acids is 1. The number of carbonyl (C=O) groups is 3. The van der Waals surface area contributed by atoms with Gasteiger partial charge in [-0.25, -0.2) is 9.59 Å². The van der Waals surface area contributed by atoms with Crippen molar-refractivity contribution in [2.75, 3.05) is 19.7 Å². The molecule has 0 spiro atoms. The molecule has 2 aromatic rings. The lowest BCUT2D eigenvalue weighted by molar-refractivity contribution is -0.156. The van der Waals surface area contributed by atoms with Crippen LogP contribution >= 0.6 is 0 Å². The number of alkyl carbamates (subject to hydrolysis) is 1. The average molecular weight is 477 g/mol. The first-order valence-electron chi connectivity index (χ1n) is 12.6. The van der Waals surface area contributed by atoms with Gasteiger partial charge in [-0.3, -0.25) is 4.79 Å². The van der Waals surface area contributed by atoms with E-state index in [2.05, 4.69) is 29.6 Å². The summed E-state index contributed by atoms with van der Waals surface area (Å²) in [5, 5.41) is 12.5. The first-order chi connectivity index (χ1) is 16.9. The molecule has 0 radical (unpaired) electrons. The van der Waals surface area contributed by atoms with Crippen LogP contribution in [0.25, 0.3) is 11.1 Å². The fraction of sp³-hybridized carbons (Fsp3) is 0.464. The van der Waals surface area contributed by atoms with Crippen molar-refractivity contribution in [2.24, 2.45) is 11.8 Å². The van der Waals surface area contributed by atoms with E-state index < -0.39 is 17.6 Å². The number of hydrogen-bond donors (Lipinski definition) is 2. The molecule has 2 aliphatic carbocycles. The standard InChI is InChI=1S/C28H32N2O5/c1-18(25(31)30-15-7-9-19-16-28(19,30)26(32)33)8-6-14-29-27(34)35-17-24-22-12-4-2-10-20(22)21-11-3-5-13-23(21)24/h2-5,10-13,18-19,24H,6-9,14-17H2,1H3,(H,29,34)(H,32,33). The van der Waals surface area contributed by atoms with E-state index in [1.54, 1.807) is 4.90 Å². The number of nitrogens with zero attached hydrogens (tertiary/aromatic N) is 1. The summed E-state index contributed by atoms with van der Waals surface area (Å²) in [5.41, 5.74) is 3.74. The molecule has 3 aliphatic rings. The molecule has 3 unspecified atom stereocenters. The Kier molecular flexibility index (Phi) is 6.26. The van der Waals surface area contributed by atoms with Crippen molar-refractivity contribution in [3.63, 3.8) is 0 Å². The fourth-order valence-corrected chi connectivity index (χ4v) is 6.01. The number of likely N-dealkylation sites (tertiary alicyclic amines) is 1.